The Labute approximate surface area is 148 Å². The van der Waals surface area contributed by atoms with Crippen LogP contribution in [0.2, 0.25) is 0 Å². The lowest BCUT2D eigenvalue weighted by Gasteiger charge is -2.35. The molecule has 1 N–H and O–H groups in total. The van der Waals surface area contributed by atoms with Gasteiger partial charge in [0.15, 0.2) is 5.78 Å². The monoisotopic (exact) mass is 327 g/mol. The first-order valence-electron chi connectivity index (χ1n) is 8.63. The summed E-state index contributed by atoms with van der Waals surface area (Å²) in [5.41, 5.74) is 3.96. The zero-order valence-corrected chi connectivity index (χ0v) is 14.5. The molecule has 0 saturated heterocycles. The first-order valence-corrected chi connectivity index (χ1v) is 8.63. The van der Waals surface area contributed by atoms with Gasteiger partial charge in [0.2, 0.25) is 0 Å². The van der Waals surface area contributed by atoms with Crippen molar-refractivity contribution in [3.05, 3.63) is 89.5 Å². The Morgan fingerprint density at radius 2 is 1.68 bits per heavy atom. The molecular formula is C23H21NO. The minimum absolute atomic E-state index is 0.0285. The van der Waals surface area contributed by atoms with Gasteiger partial charge in [0.1, 0.15) is 0 Å². The fraction of sp³-hybridized carbons (Fsp3) is 0.174. The van der Waals surface area contributed by atoms with Gasteiger partial charge in [-0.2, -0.15) is 0 Å². The van der Waals surface area contributed by atoms with Gasteiger partial charge in [-0.15, -0.1) is 0 Å². The van der Waals surface area contributed by atoms with Crippen LogP contribution in [0, 0.1) is 0 Å². The SMILES string of the molecule is CC1(C)Cc2ccccc2C(=CC(=O)c2ccc3ccccc3c2)N1. The van der Waals surface area contributed by atoms with E-state index in [9.17, 15) is 4.79 Å². The van der Waals surface area contributed by atoms with Gasteiger partial charge in [-0.25, -0.2) is 0 Å². The van der Waals surface area contributed by atoms with Crippen LogP contribution in [0.25, 0.3) is 16.5 Å². The highest BCUT2D eigenvalue weighted by atomic mass is 16.1. The van der Waals surface area contributed by atoms with Crippen molar-refractivity contribution in [3.8, 4) is 0 Å². The Morgan fingerprint density at radius 3 is 2.52 bits per heavy atom. The molecule has 3 aromatic carbocycles. The summed E-state index contributed by atoms with van der Waals surface area (Å²) in [5, 5.41) is 5.76. The number of carbonyl (C=O) groups is 1. The Morgan fingerprint density at radius 1 is 0.960 bits per heavy atom. The van der Waals surface area contributed by atoms with Crippen LogP contribution in [0.15, 0.2) is 72.8 Å². The van der Waals surface area contributed by atoms with Crippen LogP contribution < -0.4 is 5.32 Å². The molecule has 0 fully saturated rings. The molecule has 1 aliphatic heterocycles. The molecule has 0 spiro atoms. The van der Waals surface area contributed by atoms with Crippen molar-refractivity contribution in [1.82, 2.24) is 5.32 Å². The maximum absolute atomic E-state index is 12.9. The predicted molar refractivity (Wildman–Crippen MR) is 104 cm³/mol. The summed E-state index contributed by atoms with van der Waals surface area (Å²) in [5.74, 6) is 0.0285. The van der Waals surface area contributed by atoms with Crippen LogP contribution in [0.1, 0.15) is 35.3 Å². The summed E-state index contributed by atoms with van der Waals surface area (Å²) in [4.78, 5) is 12.9. The molecule has 0 saturated carbocycles. The molecule has 0 aliphatic carbocycles. The van der Waals surface area contributed by atoms with E-state index in [0.717, 1.165) is 28.5 Å². The molecule has 2 nitrogen and oxygen atoms in total. The van der Waals surface area contributed by atoms with Gasteiger partial charge in [0.25, 0.3) is 0 Å². The second-order valence-electron chi connectivity index (χ2n) is 7.33. The molecule has 0 atom stereocenters. The molecule has 0 radical (unpaired) electrons. The summed E-state index contributed by atoms with van der Waals surface area (Å²) in [6, 6.07) is 22.3. The van der Waals surface area contributed by atoms with Gasteiger partial charge >= 0.3 is 0 Å². The molecule has 0 aromatic heterocycles. The summed E-state index contributed by atoms with van der Waals surface area (Å²) in [6.07, 6.45) is 2.69. The third-order valence-corrected chi connectivity index (χ3v) is 4.72. The minimum Gasteiger partial charge on any atom is -0.379 e. The summed E-state index contributed by atoms with van der Waals surface area (Å²) in [6.45, 7) is 4.33. The number of fused-ring (bicyclic) bond motifs is 2. The summed E-state index contributed by atoms with van der Waals surface area (Å²) in [7, 11) is 0. The third-order valence-electron chi connectivity index (χ3n) is 4.72. The van der Waals surface area contributed by atoms with Gasteiger partial charge in [-0.1, -0.05) is 60.7 Å². The molecule has 4 rings (SSSR count). The third kappa shape index (κ3) is 3.08. The molecule has 1 aliphatic rings. The van der Waals surface area contributed by atoms with Crippen LogP contribution in [0.3, 0.4) is 0 Å². The van der Waals surface area contributed by atoms with E-state index in [2.05, 4.69) is 43.4 Å². The van der Waals surface area contributed by atoms with Crippen LogP contribution in [-0.2, 0) is 6.42 Å². The maximum Gasteiger partial charge on any atom is 0.187 e. The summed E-state index contributed by atoms with van der Waals surface area (Å²) >= 11 is 0. The Kier molecular flexibility index (Phi) is 3.69. The lowest BCUT2D eigenvalue weighted by Crippen LogP contribution is -2.43. The van der Waals surface area contributed by atoms with Crippen molar-refractivity contribution >= 4 is 22.3 Å². The number of allylic oxidation sites excluding steroid dienone is 1. The van der Waals surface area contributed by atoms with E-state index in [1.54, 1.807) is 6.08 Å². The number of rotatable bonds is 2. The average Bonchev–Trinajstić information content (AvgIpc) is 2.60. The number of hydrogen-bond donors (Lipinski definition) is 1. The van der Waals surface area contributed by atoms with E-state index in [1.807, 2.05) is 42.5 Å². The normalized spacial score (nSPS) is 17.1. The summed E-state index contributed by atoms with van der Waals surface area (Å²) < 4.78 is 0. The van der Waals surface area contributed by atoms with Crippen molar-refractivity contribution in [2.24, 2.45) is 0 Å². The van der Waals surface area contributed by atoms with E-state index in [4.69, 9.17) is 0 Å². The zero-order valence-electron chi connectivity index (χ0n) is 14.5. The van der Waals surface area contributed by atoms with Crippen LogP contribution in [0.4, 0.5) is 0 Å². The highest BCUT2D eigenvalue weighted by Crippen LogP contribution is 2.29. The minimum atomic E-state index is -0.0656. The molecule has 1 heterocycles. The van der Waals surface area contributed by atoms with Crippen molar-refractivity contribution in [3.63, 3.8) is 0 Å². The number of ketones is 1. The first kappa shape index (κ1) is 15.6. The number of nitrogens with one attached hydrogen (secondary N) is 1. The van der Waals surface area contributed by atoms with E-state index < -0.39 is 0 Å². The van der Waals surface area contributed by atoms with E-state index >= 15 is 0 Å². The molecule has 3 aromatic rings. The maximum atomic E-state index is 12.9. The van der Waals surface area contributed by atoms with Crippen LogP contribution in [-0.4, -0.2) is 11.3 Å². The fourth-order valence-electron chi connectivity index (χ4n) is 3.56. The molecule has 0 bridgehead atoms. The molecule has 0 amide bonds. The quantitative estimate of drug-likeness (QED) is 0.531. The Balaban J connectivity index is 1.75. The van der Waals surface area contributed by atoms with Crippen LogP contribution in [0.5, 0.6) is 0 Å². The first-order chi connectivity index (χ1) is 12.0. The number of hydrogen-bond acceptors (Lipinski definition) is 2. The topological polar surface area (TPSA) is 29.1 Å². The molecule has 25 heavy (non-hydrogen) atoms. The van der Waals surface area contributed by atoms with E-state index in [1.165, 1.54) is 5.56 Å². The lowest BCUT2D eigenvalue weighted by atomic mass is 9.85. The van der Waals surface area contributed by atoms with Crippen molar-refractivity contribution in [1.29, 1.82) is 0 Å². The molecule has 0 unspecified atom stereocenters. The lowest BCUT2D eigenvalue weighted by molar-refractivity contribution is 0.104. The van der Waals surface area contributed by atoms with Crippen molar-refractivity contribution in [2.45, 2.75) is 25.8 Å². The van der Waals surface area contributed by atoms with Gasteiger partial charge < -0.3 is 5.32 Å². The van der Waals surface area contributed by atoms with E-state index in [0.29, 0.717) is 5.56 Å². The molecular weight excluding hydrogens is 306 g/mol. The molecule has 124 valence electrons. The molecule has 2 heteroatoms. The van der Waals surface area contributed by atoms with Crippen molar-refractivity contribution < 1.29 is 4.79 Å². The average molecular weight is 327 g/mol. The van der Waals surface area contributed by atoms with E-state index in [-0.39, 0.29) is 11.3 Å². The van der Waals surface area contributed by atoms with Crippen molar-refractivity contribution in [2.75, 3.05) is 0 Å². The second-order valence-corrected chi connectivity index (χ2v) is 7.33. The van der Waals surface area contributed by atoms with Gasteiger partial charge in [-0.3, -0.25) is 4.79 Å². The highest BCUT2D eigenvalue weighted by Gasteiger charge is 2.27. The second kappa shape index (κ2) is 5.89. The van der Waals surface area contributed by atoms with Gasteiger partial charge in [-0.05, 0) is 42.7 Å². The highest BCUT2D eigenvalue weighted by molar-refractivity contribution is 6.10. The Hall–Kier alpha value is -2.87. The van der Waals surface area contributed by atoms with Gasteiger partial charge in [0.05, 0.1) is 0 Å². The van der Waals surface area contributed by atoms with Gasteiger partial charge in [0, 0.05) is 28.4 Å². The standard InChI is InChI=1S/C23H21NO/c1-23(2)15-19-9-5-6-10-20(19)21(24-23)14-22(25)18-12-11-16-7-3-4-8-17(16)13-18/h3-14,24H,15H2,1-2H3. The number of benzene rings is 3. The largest absolute Gasteiger partial charge is 0.379 e. The zero-order chi connectivity index (χ0) is 17.4. The Bertz CT molecular complexity index is 998. The predicted octanol–water partition coefficient (Wildman–Crippen LogP) is 4.99. The number of carbonyl (C=O) groups excluding carboxylic acids is 1. The smallest absolute Gasteiger partial charge is 0.187 e. The van der Waals surface area contributed by atoms with Crippen LogP contribution >= 0.6 is 0 Å². The fourth-order valence-corrected chi connectivity index (χ4v) is 3.56.